The summed E-state index contributed by atoms with van der Waals surface area (Å²) in [5.41, 5.74) is 0. The van der Waals surface area contributed by atoms with E-state index in [-0.39, 0.29) is 0 Å². The molecule has 0 N–H and O–H groups in total. The summed E-state index contributed by atoms with van der Waals surface area (Å²) < 4.78 is 5.31. The van der Waals surface area contributed by atoms with E-state index in [0.29, 0.717) is 6.61 Å². The highest BCUT2D eigenvalue weighted by molar-refractivity contribution is 7.08. The molecule has 1 aromatic heterocycles. The van der Waals surface area contributed by atoms with Crippen molar-refractivity contribution >= 4 is 11.3 Å². The molecule has 0 amide bonds. The lowest BCUT2D eigenvalue weighted by atomic mass is 10.5. The van der Waals surface area contributed by atoms with Gasteiger partial charge in [-0.1, -0.05) is 12.2 Å². The van der Waals surface area contributed by atoms with E-state index in [9.17, 15) is 0 Å². The van der Waals surface area contributed by atoms with Crippen LogP contribution in [0.1, 0.15) is 6.92 Å². The molecule has 2 heteroatoms. The number of thiophene rings is 1. The lowest BCUT2D eigenvalue weighted by Gasteiger charge is -1.96. The molecule has 1 heterocycles. The van der Waals surface area contributed by atoms with Gasteiger partial charge >= 0.3 is 0 Å². The summed E-state index contributed by atoms with van der Waals surface area (Å²) in [5.74, 6) is 0.961. The number of rotatable bonds is 3. The maximum atomic E-state index is 5.31. The molecule has 0 saturated heterocycles. The molecule has 1 aromatic rings. The molecule has 0 bridgehead atoms. The maximum Gasteiger partial charge on any atom is 0.130 e. The lowest BCUT2D eigenvalue weighted by Crippen LogP contribution is -1.90. The van der Waals surface area contributed by atoms with Crippen molar-refractivity contribution < 1.29 is 4.74 Å². The molecule has 1 nitrogen and oxygen atoms in total. The summed E-state index contributed by atoms with van der Waals surface area (Å²) in [6, 6.07) is 1.97. The summed E-state index contributed by atoms with van der Waals surface area (Å²) in [6.07, 6.45) is 3.96. The Bertz CT molecular complexity index is 189. The minimum atomic E-state index is 0.674. The average molecular weight is 154 g/mol. The highest BCUT2D eigenvalue weighted by atomic mass is 32.1. The standard InChI is InChI=1S/C8H10OS/c1-2-3-5-9-8-4-6-10-7-8/h2-4,6-7H,5H2,1H3. The van der Waals surface area contributed by atoms with Gasteiger partial charge in [0, 0.05) is 5.38 Å². The van der Waals surface area contributed by atoms with Crippen LogP contribution in [-0.4, -0.2) is 6.61 Å². The second-order valence-electron chi connectivity index (χ2n) is 1.84. The van der Waals surface area contributed by atoms with Gasteiger partial charge in [0.25, 0.3) is 0 Å². The Balaban J connectivity index is 2.28. The van der Waals surface area contributed by atoms with E-state index in [4.69, 9.17) is 4.74 Å². The number of hydrogen-bond donors (Lipinski definition) is 0. The second kappa shape index (κ2) is 4.12. The molecule has 0 fully saturated rings. The fraction of sp³-hybridized carbons (Fsp3) is 0.250. The predicted octanol–water partition coefficient (Wildman–Crippen LogP) is 2.70. The summed E-state index contributed by atoms with van der Waals surface area (Å²) in [7, 11) is 0. The van der Waals surface area contributed by atoms with Crippen LogP contribution in [0, 0.1) is 0 Å². The van der Waals surface area contributed by atoms with Crippen molar-refractivity contribution in [1.82, 2.24) is 0 Å². The molecule has 10 heavy (non-hydrogen) atoms. The maximum absolute atomic E-state index is 5.31. The first kappa shape index (κ1) is 7.35. The Morgan fingerprint density at radius 3 is 3.20 bits per heavy atom. The Morgan fingerprint density at radius 1 is 1.70 bits per heavy atom. The van der Waals surface area contributed by atoms with Crippen LogP contribution in [0.5, 0.6) is 5.75 Å². The van der Waals surface area contributed by atoms with Gasteiger partial charge in [0.05, 0.1) is 0 Å². The first-order valence-electron chi connectivity index (χ1n) is 3.19. The monoisotopic (exact) mass is 154 g/mol. The zero-order valence-electron chi connectivity index (χ0n) is 5.91. The van der Waals surface area contributed by atoms with Crippen LogP contribution in [0.25, 0.3) is 0 Å². The Morgan fingerprint density at radius 2 is 2.60 bits per heavy atom. The minimum Gasteiger partial charge on any atom is -0.489 e. The Kier molecular flexibility index (Phi) is 3.03. The van der Waals surface area contributed by atoms with Gasteiger partial charge in [-0.25, -0.2) is 0 Å². The highest BCUT2D eigenvalue weighted by Gasteiger charge is 1.87. The van der Waals surface area contributed by atoms with Gasteiger partial charge in [-0.2, -0.15) is 0 Å². The van der Waals surface area contributed by atoms with Gasteiger partial charge in [0.15, 0.2) is 0 Å². The number of ether oxygens (including phenoxy) is 1. The SMILES string of the molecule is CC=CCOc1ccsc1. The molecule has 54 valence electrons. The first-order valence-corrected chi connectivity index (χ1v) is 4.14. The van der Waals surface area contributed by atoms with E-state index in [2.05, 4.69) is 0 Å². The molecule has 0 aliphatic carbocycles. The zero-order valence-corrected chi connectivity index (χ0v) is 6.73. The van der Waals surface area contributed by atoms with Crippen molar-refractivity contribution in [2.24, 2.45) is 0 Å². The molecule has 0 aromatic carbocycles. The zero-order chi connectivity index (χ0) is 7.23. The quantitative estimate of drug-likeness (QED) is 0.608. The van der Waals surface area contributed by atoms with Crippen LogP contribution in [-0.2, 0) is 0 Å². The predicted molar refractivity (Wildman–Crippen MR) is 44.6 cm³/mol. The van der Waals surface area contributed by atoms with E-state index >= 15 is 0 Å². The summed E-state index contributed by atoms with van der Waals surface area (Å²) >= 11 is 1.65. The van der Waals surface area contributed by atoms with Gasteiger partial charge < -0.3 is 4.74 Å². The molecular weight excluding hydrogens is 144 g/mol. The molecule has 0 atom stereocenters. The van der Waals surface area contributed by atoms with Crippen molar-refractivity contribution in [2.75, 3.05) is 6.61 Å². The summed E-state index contributed by atoms with van der Waals surface area (Å²) in [4.78, 5) is 0. The van der Waals surface area contributed by atoms with Crippen LogP contribution in [0.15, 0.2) is 29.0 Å². The van der Waals surface area contributed by atoms with E-state index in [0.717, 1.165) is 5.75 Å². The van der Waals surface area contributed by atoms with Gasteiger partial charge in [-0.15, -0.1) is 11.3 Å². The van der Waals surface area contributed by atoms with Crippen molar-refractivity contribution in [3.05, 3.63) is 29.0 Å². The van der Waals surface area contributed by atoms with Gasteiger partial charge in [0.2, 0.25) is 0 Å². The smallest absolute Gasteiger partial charge is 0.130 e. The molecule has 0 aliphatic rings. The molecule has 0 unspecified atom stereocenters. The van der Waals surface area contributed by atoms with E-state index < -0.39 is 0 Å². The van der Waals surface area contributed by atoms with E-state index in [1.165, 1.54) is 0 Å². The molecule has 1 rings (SSSR count). The third-order valence-corrected chi connectivity index (χ3v) is 1.74. The Labute approximate surface area is 65.0 Å². The number of allylic oxidation sites excluding steroid dienone is 1. The van der Waals surface area contributed by atoms with Crippen LogP contribution in [0.2, 0.25) is 0 Å². The molecule has 0 spiro atoms. The van der Waals surface area contributed by atoms with Crippen molar-refractivity contribution in [1.29, 1.82) is 0 Å². The van der Waals surface area contributed by atoms with Crippen LogP contribution < -0.4 is 4.74 Å². The van der Waals surface area contributed by atoms with E-state index in [1.54, 1.807) is 11.3 Å². The van der Waals surface area contributed by atoms with Crippen LogP contribution in [0.4, 0.5) is 0 Å². The third kappa shape index (κ3) is 2.23. The minimum absolute atomic E-state index is 0.674. The van der Waals surface area contributed by atoms with Crippen molar-refractivity contribution in [2.45, 2.75) is 6.92 Å². The van der Waals surface area contributed by atoms with Crippen LogP contribution >= 0.6 is 11.3 Å². The van der Waals surface area contributed by atoms with Gasteiger partial charge in [0.1, 0.15) is 12.4 Å². The summed E-state index contributed by atoms with van der Waals surface area (Å²) in [5, 5.41) is 3.99. The topological polar surface area (TPSA) is 9.23 Å². The Hall–Kier alpha value is -0.760. The highest BCUT2D eigenvalue weighted by Crippen LogP contribution is 2.14. The van der Waals surface area contributed by atoms with Crippen molar-refractivity contribution in [3.63, 3.8) is 0 Å². The lowest BCUT2D eigenvalue weighted by molar-refractivity contribution is 0.364. The van der Waals surface area contributed by atoms with Gasteiger partial charge in [-0.05, 0) is 18.4 Å². The van der Waals surface area contributed by atoms with Crippen LogP contribution in [0.3, 0.4) is 0 Å². The average Bonchev–Trinajstić information content (AvgIpc) is 2.41. The molecular formula is C8H10OS. The normalized spacial score (nSPS) is 10.5. The number of hydrogen-bond acceptors (Lipinski definition) is 2. The fourth-order valence-corrected chi connectivity index (χ4v) is 1.15. The second-order valence-corrected chi connectivity index (χ2v) is 2.62. The van der Waals surface area contributed by atoms with E-state index in [1.807, 2.05) is 35.9 Å². The largest absolute Gasteiger partial charge is 0.489 e. The van der Waals surface area contributed by atoms with Crippen molar-refractivity contribution in [3.8, 4) is 5.75 Å². The van der Waals surface area contributed by atoms with Gasteiger partial charge in [-0.3, -0.25) is 0 Å². The summed E-state index contributed by atoms with van der Waals surface area (Å²) in [6.45, 7) is 2.66. The first-order chi connectivity index (χ1) is 4.93. The molecule has 0 radical (unpaired) electrons. The fourth-order valence-electron chi connectivity index (χ4n) is 0.575. The third-order valence-electron chi connectivity index (χ3n) is 1.08. The molecule has 0 aliphatic heterocycles. The molecule has 0 saturated carbocycles.